The zero-order valence-corrected chi connectivity index (χ0v) is 14.3. The number of halogens is 2. The van der Waals surface area contributed by atoms with Crippen molar-refractivity contribution in [2.24, 2.45) is 0 Å². The number of hydrogen-bond acceptors (Lipinski definition) is 3. The second-order valence-electron chi connectivity index (χ2n) is 4.64. The quantitative estimate of drug-likeness (QED) is 0.763. The monoisotopic (exact) mass is 396 g/mol. The van der Waals surface area contributed by atoms with E-state index in [4.69, 9.17) is 0 Å². The number of ketones is 1. The molecule has 2 unspecified atom stereocenters. The van der Waals surface area contributed by atoms with Crippen LogP contribution in [0.5, 0.6) is 0 Å². The third-order valence-corrected chi connectivity index (χ3v) is 4.72. The number of carbonyl (C=O) groups is 1. The summed E-state index contributed by atoms with van der Waals surface area (Å²) in [6.45, 7) is 3.85. The predicted molar refractivity (Wildman–Crippen MR) is 85.7 cm³/mol. The molecule has 20 heavy (non-hydrogen) atoms. The molecule has 0 N–H and O–H groups in total. The van der Waals surface area contributed by atoms with Crippen LogP contribution in [0.2, 0.25) is 0 Å². The summed E-state index contributed by atoms with van der Waals surface area (Å²) in [5.41, 5.74) is 1.92. The molecule has 0 aliphatic heterocycles. The smallest absolute Gasteiger partial charge is 0.147 e. The van der Waals surface area contributed by atoms with Crippen LogP contribution in [0, 0.1) is 0 Å². The molecule has 0 saturated carbocycles. The van der Waals surface area contributed by atoms with E-state index in [-0.39, 0.29) is 17.6 Å². The molecular weight excluding hydrogens is 384 g/mol. The van der Waals surface area contributed by atoms with Gasteiger partial charge < -0.3 is 0 Å². The van der Waals surface area contributed by atoms with E-state index in [0.29, 0.717) is 0 Å². The SMILES string of the molecule is CC(C(=O)C(C)c1ccncc1Br)c1ccncc1Br. The van der Waals surface area contributed by atoms with Crippen molar-refractivity contribution in [3.8, 4) is 0 Å². The molecule has 2 aromatic rings. The van der Waals surface area contributed by atoms with Gasteiger partial charge in [0.15, 0.2) is 0 Å². The van der Waals surface area contributed by atoms with Crippen molar-refractivity contribution >= 4 is 37.6 Å². The Balaban J connectivity index is 2.28. The molecule has 0 aliphatic rings. The molecule has 2 aromatic heterocycles. The van der Waals surface area contributed by atoms with E-state index in [1.165, 1.54) is 0 Å². The van der Waals surface area contributed by atoms with Gasteiger partial charge in [-0.05, 0) is 55.1 Å². The minimum absolute atomic E-state index is 0.170. The number of rotatable bonds is 4. The maximum Gasteiger partial charge on any atom is 0.147 e. The number of aromatic nitrogens is 2. The van der Waals surface area contributed by atoms with Crippen molar-refractivity contribution in [1.29, 1.82) is 0 Å². The van der Waals surface area contributed by atoms with Crippen LogP contribution in [0.4, 0.5) is 0 Å². The minimum atomic E-state index is -0.192. The van der Waals surface area contributed by atoms with E-state index < -0.39 is 0 Å². The zero-order valence-electron chi connectivity index (χ0n) is 11.2. The fourth-order valence-electron chi connectivity index (χ4n) is 2.16. The van der Waals surface area contributed by atoms with E-state index in [2.05, 4.69) is 41.8 Å². The molecule has 104 valence electrons. The third kappa shape index (κ3) is 3.15. The summed E-state index contributed by atoms with van der Waals surface area (Å²) in [5.74, 6) is -0.214. The molecule has 3 nitrogen and oxygen atoms in total. The van der Waals surface area contributed by atoms with Crippen molar-refractivity contribution in [3.05, 3.63) is 57.0 Å². The first-order chi connectivity index (χ1) is 9.52. The Morgan fingerprint density at radius 2 is 1.35 bits per heavy atom. The Bertz CT molecular complexity index is 577. The van der Waals surface area contributed by atoms with E-state index in [9.17, 15) is 4.79 Å². The number of hydrogen-bond donors (Lipinski definition) is 0. The van der Waals surface area contributed by atoms with Gasteiger partial charge in [-0.15, -0.1) is 0 Å². The lowest BCUT2D eigenvalue weighted by atomic mass is 9.86. The standard InChI is InChI=1S/C15H14Br2N2O/c1-9(11-3-5-18-7-13(11)16)15(20)10(2)12-4-6-19-8-14(12)17/h3-10H,1-2H3. The van der Waals surface area contributed by atoms with Gasteiger partial charge >= 0.3 is 0 Å². The molecule has 2 heterocycles. The van der Waals surface area contributed by atoms with Crippen LogP contribution >= 0.6 is 31.9 Å². The highest BCUT2D eigenvalue weighted by Gasteiger charge is 2.25. The molecule has 2 atom stereocenters. The van der Waals surface area contributed by atoms with Crippen LogP contribution in [0.15, 0.2) is 45.9 Å². The predicted octanol–water partition coefficient (Wildman–Crippen LogP) is 4.48. The van der Waals surface area contributed by atoms with Gasteiger partial charge in [-0.25, -0.2) is 0 Å². The zero-order chi connectivity index (χ0) is 14.7. The van der Waals surface area contributed by atoms with Gasteiger partial charge in [-0.2, -0.15) is 0 Å². The van der Waals surface area contributed by atoms with Crippen LogP contribution in [0.1, 0.15) is 36.8 Å². The molecule has 0 fully saturated rings. The summed E-state index contributed by atoms with van der Waals surface area (Å²) in [5, 5.41) is 0. The average molecular weight is 398 g/mol. The largest absolute Gasteiger partial charge is 0.298 e. The topological polar surface area (TPSA) is 42.9 Å². The maximum atomic E-state index is 12.7. The van der Waals surface area contributed by atoms with Crippen LogP contribution < -0.4 is 0 Å². The average Bonchev–Trinajstić information content (AvgIpc) is 2.46. The summed E-state index contributed by atoms with van der Waals surface area (Å²) < 4.78 is 1.73. The van der Waals surface area contributed by atoms with Crippen molar-refractivity contribution < 1.29 is 4.79 Å². The highest BCUT2D eigenvalue weighted by molar-refractivity contribution is 9.10. The van der Waals surface area contributed by atoms with Crippen LogP contribution in [-0.4, -0.2) is 15.8 Å². The first-order valence-corrected chi connectivity index (χ1v) is 7.83. The second-order valence-corrected chi connectivity index (χ2v) is 6.35. The molecule has 0 radical (unpaired) electrons. The lowest BCUT2D eigenvalue weighted by Crippen LogP contribution is -2.17. The fraction of sp³-hybridized carbons (Fsp3) is 0.267. The summed E-state index contributed by atoms with van der Waals surface area (Å²) in [6.07, 6.45) is 6.84. The third-order valence-electron chi connectivity index (χ3n) is 3.39. The van der Waals surface area contributed by atoms with E-state index in [1.807, 2.05) is 26.0 Å². The van der Waals surface area contributed by atoms with Gasteiger partial charge in [0.05, 0.1) is 0 Å². The Morgan fingerprint density at radius 3 is 1.70 bits per heavy atom. The summed E-state index contributed by atoms with van der Waals surface area (Å²) >= 11 is 6.90. The Morgan fingerprint density at radius 1 is 0.950 bits per heavy atom. The van der Waals surface area contributed by atoms with Crippen molar-refractivity contribution in [1.82, 2.24) is 9.97 Å². The second kappa shape index (κ2) is 6.59. The van der Waals surface area contributed by atoms with Gasteiger partial charge in [0.2, 0.25) is 0 Å². The van der Waals surface area contributed by atoms with Gasteiger partial charge in [-0.3, -0.25) is 14.8 Å². The minimum Gasteiger partial charge on any atom is -0.298 e. The Kier molecular flexibility index (Phi) is 5.05. The highest BCUT2D eigenvalue weighted by Crippen LogP contribution is 2.32. The molecule has 0 amide bonds. The van der Waals surface area contributed by atoms with Crippen molar-refractivity contribution in [2.75, 3.05) is 0 Å². The first kappa shape index (κ1) is 15.3. The molecular formula is C15H14Br2N2O. The van der Waals surface area contributed by atoms with Crippen molar-refractivity contribution in [3.63, 3.8) is 0 Å². The first-order valence-electron chi connectivity index (χ1n) is 6.25. The number of pyridine rings is 2. The molecule has 0 aromatic carbocycles. The molecule has 2 rings (SSSR count). The maximum absolute atomic E-state index is 12.7. The van der Waals surface area contributed by atoms with Gasteiger partial charge in [0.25, 0.3) is 0 Å². The van der Waals surface area contributed by atoms with Crippen LogP contribution in [-0.2, 0) is 4.79 Å². The Hall–Kier alpha value is -1.07. The van der Waals surface area contributed by atoms with Gasteiger partial charge in [-0.1, -0.05) is 13.8 Å². The van der Waals surface area contributed by atoms with E-state index in [1.54, 1.807) is 24.8 Å². The van der Waals surface area contributed by atoms with E-state index >= 15 is 0 Å². The molecule has 0 spiro atoms. The normalized spacial score (nSPS) is 13.8. The van der Waals surface area contributed by atoms with Crippen LogP contribution in [0.25, 0.3) is 0 Å². The fourth-order valence-corrected chi connectivity index (χ4v) is 3.34. The molecule has 0 saturated heterocycles. The number of nitrogens with zero attached hydrogens (tertiary/aromatic N) is 2. The van der Waals surface area contributed by atoms with E-state index in [0.717, 1.165) is 20.1 Å². The van der Waals surface area contributed by atoms with Gasteiger partial charge in [0, 0.05) is 45.6 Å². The van der Waals surface area contributed by atoms with Crippen LogP contribution in [0.3, 0.4) is 0 Å². The molecule has 5 heteroatoms. The highest BCUT2D eigenvalue weighted by atomic mass is 79.9. The number of Topliss-reactive ketones (excluding diaryl/α,β-unsaturated/α-hetero) is 1. The molecule has 0 aliphatic carbocycles. The molecule has 0 bridgehead atoms. The lowest BCUT2D eigenvalue weighted by Gasteiger charge is -2.18. The summed E-state index contributed by atoms with van der Waals surface area (Å²) in [4.78, 5) is 20.7. The van der Waals surface area contributed by atoms with Gasteiger partial charge in [0.1, 0.15) is 5.78 Å². The Labute approximate surface area is 135 Å². The summed E-state index contributed by atoms with van der Waals surface area (Å²) in [7, 11) is 0. The number of carbonyl (C=O) groups excluding carboxylic acids is 1. The van der Waals surface area contributed by atoms with Crippen molar-refractivity contribution in [2.45, 2.75) is 25.7 Å². The lowest BCUT2D eigenvalue weighted by molar-refractivity contribution is -0.121. The summed E-state index contributed by atoms with van der Waals surface area (Å²) in [6, 6.07) is 3.75.